The first-order valence-electron chi connectivity index (χ1n) is 7.93. The van der Waals surface area contributed by atoms with Gasteiger partial charge in [-0.1, -0.05) is 48.5 Å². The predicted molar refractivity (Wildman–Crippen MR) is 103 cm³/mol. The Hall–Kier alpha value is -2.79. The van der Waals surface area contributed by atoms with E-state index in [2.05, 4.69) is 17.1 Å². The minimum Gasteiger partial charge on any atom is -0.370 e. The van der Waals surface area contributed by atoms with Crippen LogP contribution in [0.5, 0.6) is 0 Å². The molecule has 3 aromatic rings. The number of nitrogens with one attached hydrogen (secondary N) is 2. The number of hydrogen-bond donors (Lipinski definition) is 3. The van der Waals surface area contributed by atoms with E-state index >= 15 is 0 Å². The number of nitrogens with zero attached hydrogens (tertiary/aromatic N) is 1. The van der Waals surface area contributed by atoms with Gasteiger partial charge in [0.2, 0.25) is 0 Å². The van der Waals surface area contributed by atoms with Gasteiger partial charge in [-0.2, -0.15) is 0 Å². The number of amides is 1. The number of carbonyl (C=O) groups is 1. The molecule has 4 N–H and O–H groups in total. The number of carbonyl (C=O) groups excluding carboxylic acids is 1. The lowest BCUT2D eigenvalue weighted by Gasteiger charge is -2.19. The van der Waals surface area contributed by atoms with Gasteiger partial charge in [0, 0.05) is 17.4 Å². The van der Waals surface area contributed by atoms with Gasteiger partial charge >= 0.3 is 0 Å². The largest absolute Gasteiger partial charge is 0.370 e. The number of fused-ring (bicyclic) bond motifs is 1. The van der Waals surface area contributed by atoms with Crippen LogP contribution in [0.15, 0.2) is 60.7 Å². The van der Waals surface area contributed by atoms with Crippen LogP contribution in [0.4, 0.5) is 0 Å². The van der Waals surface area contributed by atoms with Crippen LogP contribution in [0.3, 0.4) is 0 Å². The second kappa shape index (κ2) is 8.35. The summed E-state index contributed by atoms with van der Waals surface area (Å²) in [5, 5.41) is 8.68. The Morgan fingerprint density at radius 3 is 2.44 bits per heavy atom. The molecule has 0 bridgehead atoms. The molecule has 0 radical (unpaired) electrons. The number of aromatic nitrogens is 1. The van der Waals surface area contributed by atoms with Gasteiger partial charge in [-0.05, 0) is 30.5 Å². The fourth-order valence-corrected chi connectivity index (χ4v) is 2.75. The van der Waals surface area contributed by atoms with Gasteiger partial charge in [0.1, 0.15) is 5.69 Å². The summed E-state index contributed by atoms with van der Waals surface area (Å²) >= 11 is 0. The van der Waals surface area contributed by atoms with Gasteiger partial charge in [0.25, 0.3) is 5.91 Å². The molecule has 0 fully saturated rings. The number of hydrogen-bond acceptors (Lipinski definition) is 2. The molecule has 6 heteroatoms. The van der Waals surface area contributed by atoms with Gasteiger partial charge in [0.05, 0.1) is 0 Å². The van der Waals surface area contributed by atoms with Crippen LogP contribution in [0, 0.1) is 5.41 Å². The Balaban J connectivity index is 0.00000225. The van der Waals surface area contributed by atoms with E-state index in [0.717, 1.165) is 23.7 Å². The van der Waals surface area contributed by atoms with Crippen molar-refractivity contribution in [1.29, 1.82) is 5.41 Å². The van der Waals surface area contributed by atoms with Gasteiger partial charge in [0.15, 0.2) is 5.96 Å². The highest BCUT2D eigenvalue weighted by Crippen LogP contribution is 2.16. The summed E-state index contributed by atoms with van der Waals surface area (Å²) in [6, 6.07) is 19.6. The maximum Gasteiger partial charge on any atom is 0.276 e. The molecule has 0 saturated heterocycles. The Bertz CT molecular complexity index is 827. The molecule has 1 heterocycles. The summed E-state index contributed by atoms with van der Waals surface area (Å²) in [7, 11) is 0. The van der Waals surface area contributed by atoms with Crippen molar-refractivity contribution in [1.82, 2.24) is 9.88 Å². The zero-order chi connectivity index (χ0) is 16.9. The highest BCUT2D eigenvalue weighted by molar-refractivity contribution is 6.05. The van der Waals surface area contributed by atoms with E-state index in [0.29, 0.717) is 12.2 Å². The number of aryl methyl sites for hydroxylation is 1. The van der Waals surface area contributed by atoms with E-state index in [1.165, 1.54) is 10.5 Å². The molecule has 130 valence electrons. The highest BCUT2D eigenvalue weighted by Gasteiger charge is 2.19. The standard InChI is InChI=1S/C19H20N4O.ClH/c20-19(21)23(12-6-9-14-7-2-1-3-8-14)18(24)17-13-15-10-4-5-11-16(15)22-17;/h1-5,7-8,10-11,13,22H,6,9,12H2,(H3,20,21);1H. The van der Waals surface area contributed by atoms with E-state index in [4.69, 9.17) is 11.1 Å². The van der Waals surface area contributed by atoms with Crippen LogP contribution in [-0.4, -0.2) is 28.3 Å². The molecule has 0 spiro atoms. The van der Waals surface area contributed by atoms with Crippen LogP contribution >= 0.6 is 12.4 Å². The third-order valence-corrected chi connectivity index (χ3v) is 3.99. The third kappa shape index (κ3) is 4.39. The molecule has 1 amide bonds. The summed E-state index contributed by atoms with van der Waals surface area (Å²) in [4.78, 5) is 17.1. The van der Waals surface area contributed by atoms with Crippen molar-refractivity contribution in [2.45, 2.75) is 12.8 Å². The molecule has 0 aliphatic rings. The Kier molecular flexibility index (Phi) is 6.19. The quantitative estimate of drug-likeness (QED) is 0.482. The van der Waals surface area contributed by atoms with Gasteiger partial charge < -0.3 is 10.7 Å². The summed E-state index contributed by atoms with van der Waals surface area (Å²) in [6.45, 7) is 0.415. The second-order valence-electron chi connectivity index (χ2n) is 5.70. The van der Waals surface area contributed by atoms with Gasteiger partial charge in [-0.15, -0.1) is 12.4 Å². The number of rotatable bonds is 5. The number of halogens is 1. The summed E-state index contributed by atoms with van der Waals surface area (Å²) < 4.78 is 0. The molecule has 3 rings (SSSR count). The minimum atomic E-state index is -0.272. The van der Waals surface area contributed by atoms with E-state index in [1.807, 2.05) is 42.5 Å². The molecule has 5 nitrogen and oxygen atoms in total. The first-order valence-corrected chi connectivity index (χ1v) is 7.93. The lowest BCUT2D eigenvalue weighted by atomic mass is 10.1. The maximum atomic E-state index is 12.7. The van der Waals surface area contributed by atoms with Gasteiger partial charge in [-0.25, -0.2) is 0 Å². The van der Waals surface area contributed by atoms with Crippen molar-refractivity contribution < 1.29 is 4.79 Å². The van der Waals surface area contributed by atoms with Crippen LogP contribution in [0.2, 0.25) is 0 Å². The Morgan fingerprint density at radius 1 is 1.08 bits per heavy atom. The average molecular weight is 357 g/mol. The van der Waals surface area contributed by atoms with Crippen molar-refractivity contribution in [2.24, 2.45) is 5.73 Å². The topological polar surface area (TPSA) is 86.0 Å². The molecule has 0 atom stereocenters. The zero-order valence-electron chi connectivity index (χ0n) is 13.7. The fourth-order valence-electron chi connectivity index (χ4n) is 2.75. The van der Waals surface area contributed by atoms with E-state index < -0.39 is 0 Å². The van der Waals surface area contributed by atoms with E-state index in [-0.39, 0.29) is 24.3 Å². The number of guanidine groups is 1. The average Bonchev–Trinajstić information content (AvgIpc) is 3.03. The molecule has 25 heavy (non-hydrogen) atoms. The van der Waals surface area contributed by atoms with Crippen LogP contribution in [0.1, 0.15) is 22.5 Å². The molecular formula is C19H21ClN4O. The highest BCUT2D eigenvalue weighted by atomic mass is 35.5. The van der Waals surface area contributed by atoms with Crippen LogP contribution in [-0.2, 0) is 6.42 Å². The summed E-state index contributed by atoms with van der Waals surface area (Å²) in [5.41, 5.74) is 8.18. The lowest BCUT2D eigenvalue weighted by Crippen LogP contribution is -2.42. The number of aromatic amines is 1. The molecule has 2 aromatic carbocycles. The first-order chi connectivity index (χ1) is 11.6. The van der Waals surface area contributed by atoms with Crippen LogP contribution in [0.25, 0.3) is 10.9 Å². The smallest absolute Gasteiger partial charge is 0.276 e. The van der Waals surface area contributed by atoms with E-state index in [1.54, 1.807) is 6.07 Å². The second-order valence-corrected chi connectivity index (χ2v) is 5.70. The number of nitrogens with two attached hydrogens (primary N) is 1. The van der Waals surface area contributed by atoms with Crippen molar-refractivity contribution in [3.8, 4) is 0 Å². The fraction of sp³-hybridized carbons (Fsp3) is 0.158. The molecule has 0 unspecified atom stereocenters. The zero-order valence-corrected chi connectivity index (χ0v) is 14.6. The summed E-state index contributed by atoms with van der Waals surface area (Å²) in [6.07, 6.45) is 1.58. The predicted octanol–water partition coefficient (Wildman–Crippen LogP) is 3.56. The van der Waals surface area contributed by atoms with Crippen molar-refractivity contribution in [2.75, 3.05) is 6.54 Å². The number of benzene rings is 2. The molecule has 0 saturated carbocycles. The van der Waals surface area contributed by atoms with E-state index in [9.17, 15) is 4.79 Å². The summed E-state index contributed by atoms with van der Waals surface area (Å²) in [5.74, 6) is -0.501. The maximum absolute atomic E-state index is 12.7. The third-order valence-electron chi connectivity index (χ3n) is 3.99. The van der Waals surface area contributed by atoms with Gasteiger partial charge in [-0.3, -0.25) is 15.1 Å². The Morgan fingerprint density at radius 2 is 1.76 bits per heavy atom. The lowest BCUT2D eigenvalue weighted by molar-refractivity contribution is 0.0839. The SMILES string of the molecule is Cl.N=C(N)N(CCCc1ccccc1)C(=O)c1cc2ccccc2[nH]1. The van der Waals surface area contributed by atoms with Crippen molar-refractivity contribution >= 4 is 35.2 Å². The molecule has 0 aliphatic carbocycles. The normalized spacial score (nSPS) is 10.2. The van der Waals surface area contributed by atoms with Crippen LogP contribution < -0.4 is 5.73 Å². The molecule has 0 aliphatic heterocycles. The van der Waals surface area contributed by atoms with Crippen molar-refractivity contribution in [3.05, 3.63) is 71.9 Å². The monoisotopic (exact) mass is 356 g/mol. The Labute approximate surface area is 152 Å². The van der Waals surface area contributed by atoms with Crippen molar-refractivity contribution in [3.63, 3.8) is 0 Å². The number of H-pyrrole nitrogens is 1. The first kappa shape index (κ1) is 18.5. The molecular weight excluding hydrogens is 336 g/mol. The minimum absolute atomic E-state index is 0. The molecule has 1 aromatic heterocycles. The number of para-hydroxylation sites is 1.